The lowest BCUT2D eigenvalue weighted by atomic mass is 10.0. The van der Waals surface area contributed by atoms with Crippen LogP contribution in [0.3, 0.4) is 0 Å². The summed E-state index contributed by atoms with van der Waals surface area (Å²) in [5.41, 5.74) is 1.03. The molecule has 0 unspecified atom stereocenters. The lowest BCUT2D eigenvalue weighted by Crippen LogP contribution is -2.47. The topological polar surface area (TPSA) is 96.5 Å². The Kier molecular flexibility index (Phi) is 3.48. The first-order chi connectivity index (χ1) is 10.5. The van der Waals surface area contributed by atoms with E-state index in [0.717, 1.165) is 18.4 Å². The summed E-state index contributed by atoms with van der Waals surface area (Å²) in [4.78, 5) is 34.7. The van der Waals surface area contributed by atoms with E-state index in [0.29, 0.717) is 12.1 Å². The van der Waals surface area contributed by atoms with E-state index in [9.17, 15) is 14.4 Å². The van der Waals surface area contributed by atoms with Gasteiger partial charge in [-0.3, -0.25) is 4.79 Å². The molecule has 1 saturated heterocycles. The maximum Gasteiger partial charge on any atom is 0.337 e. The number of benzene rings is 1. The van der Waals surface area contributed by atoms with E-state index in [1.165, 1.54) is 7.11 Å². The van der Waals surface area contributed by atoms with Gasteiger partial charge in [0.15, 0.2) is 0 Å². The monoisotopic (exact) mass is 303 g/mol. The minimum atomic E-state index is -0.542. The summed E-state index contributed by atoms with van der Waals surface area (Å²) in [6, 6.07) is 6.15. The van der Waals surface area contributed by atoms with Crippen LogP contribution >= 0.6 is 0 Å². The molecule has 1 heterocycles. The van der Waals surface area contributed by atoms with Crippen molar-refractivity contribution in [2.45, 2.75) is 24.4 Å². The molecule has 3 amide bonds. The maximum atomic E-state index is 12.2. The SMILES string of the molecule is COC(=O)c1ccc(C2(NC(=O)[C@@H]3CNC(=O)N3)CC2)cc1. The zero-order valence-corrected chi connectivity index (χ0v) is 12.1. The maximum absolute atomic E-state index is 12.2. The van der Waals surface area contributed by atoms with Crippen LogP contribution in [0.1, 0.15) is 28.8 Å². The molecule has 116 valence electrons. The number of methoxy groups -OCH3 is 1. The van der Waals surface area contributed by atoms with Gasteiger partial charge >= 0.3 is 12.0 Å². The number of esters is 1. The third-order valence-electron chi connectivity index (χ3n) is 4.06. The first-order valence-corrected chi connectivity index (χ1v) is 7.09. The summed E-state index contributed by atoms with van der Waals surface area (Å²) in [6.45, 7) is 0.294. The van der Waals surface area contributed by atoms with Crippen molar-refractivity contribution in [1.82, 2.24) is 16.0 Å². The van der Waals surface area contributed by atoms with Gasteiger partial charge in [0.05, 0.1) is 18.2 Å². The van der Waals surface area contributed by atoms with Crippen molar-refractivity contribution in [3.63, 3.8) is 0 Å². The first-order valence-electron chi connectivity index (χ1n) is 7.09. The van der Waals surface area contributed by atoms with Gasteiger partial charge in [-0.05, 0) is 30.5 Å². The standard InChI is InChI=1S/C15H17N3O4/c1-22-13(20)9-2-4-10(5-3-9)15(6-7-15)18-12(19)11-8-16-14(21)17-11/h2-5,11H,6-8H2,1H3,(H,18,19)(H2,16,17,21)/t11-/m0/s1. The van der Waals surface area contributed by atoms with E-state index < -0.39 is 6.04 Å². The Morgan fingerprint density at radius 1 is 1.27 bits per heavy atom. The Morgan fingerprint density at radius 3 is 2.45 bits per heavy atom. The molecule has 0 bridgehead atoms. The van der Waals surface area contributed by atoms with Crippen LogP contribution in [0.2, 0.25) is 0 Å². The van der Waals surface area contributed by atoms with Gasteiger partial charge < -0.3 is 20.7 Å². The highest BCUT2D eigenvalue weighted by atomic mass is 16.5. The van der Waals surface area contributed by atoms with E-state index in [1.54, 1.807) is 12.1 Å². The highest BCUT2D eigenvalue weighted by Crippen LogP contribution is 2.45. The Bertz CT molecular complexity index is 622. The molecule has 0 radical (unpaired) electrons. The summed E-state index contributed by atoms with van der Waals surface area (Å²) in [5, 5.41) is 8.12. The number of hydrogen-bond acceptors (Lipinski definition) is 4. The molecule has 1 atom stereocenters. The highest BCUT2D eigenvalue weighted by molar-refractivity contribution is 5.91. The molecular weight excluding hydrogens is 286 g/mol. The van der Waals surface area contributed by atoms with Crippen LogP contribution in [0.15, 0.2) is 24.3 Å². The lowest BCUT2D eigenvalue weighted by molar-refractivity contribution is -0.123. The molecule has 0 spiro atoms. The minimum Gasteiger partial charge on any atom is -0.465 e. The Hall–Kier alpha value is -2.57. The molecule has 2 aliphatic rings. The van der Waals surface area contributed by atoms with Crippen LogP contribution in [0, 0.1) is 0 Å². The van der Waals surface area contributed by atoms with E-state index in [2.05, 4.69) is 20.7 Å². The van der Waals surface area contributed by atoms with Crippen LogP contribution in [0.25, 0.3) is 0 Å². The number of urea groups is 1. The normalized spacial score (nSPS) is 21.5. The third kappa shape index (κ3) is 2.61. The summed E-state index contributed by atoms with van der Waals surface area (Å²) in [6.07, 6.45) is 1.68. The van der Waals surface area contributed by atoms with Crippen molar-refractivity contribution < 1.29 is 19.1 Å². The number of carbonyl (C=O) groups excluding carboxylic acids is 3. The average Bonchev–Trinajstić information content (AvgIpc) is 3.18. The van der Waals surface area contributed by atoms with Crippen molar-refractivity contribution in [3.05, 3.63) is 35.4 Å². The fourth-order valence-corrected chi connectivity index (χ4v) is 2.59. The predicted molar refractivity (Wildman–Crippen MR) is 77.2 cm³/mol. The van der Waals surface area contributed by atoms with Crippen LogP contribution in [0.5, 0.6) is 0 Å². The van der Waals surface area contributed by atoms with Gasteiger partial charge in [-0.15, -0.1) is 0 Å². The number of carbonyl (C=O) groups is 3. The zero-order chi connectivity index (χ0) is 15.7. The number of rotatable bonds is 4. The van der Waals surface area contributed by atoms with Crippen LogP contribution in [-0.2, 0) is 15.1 Å². The summed E-state index contributed by atoms with van der Waals surface area (Å²) >= 11 is 0. The quantitative estimate of drug-likeness (QED) is 0.695. The highest BCUT2D eigenvalue weighted by Gasteiger charge is 2.47. The number of hydrogen-bond donors (Lipinski definition) is 3. The van der Waals surface area contributed by atoms with Gasteiger partial charge in [0.2, 0.25) is 5.91 Å². The summed E-state index contributed by atoms with van der Waals surface area (Å²) in [7, 11) is 1.34. The molecule has 7 heteroatoms. The molecule has 22 heavy (non-hydrogen) atoms. The molecule has 2 fully saturated rings. The van der Waals surface area contributed by atoms with Crippen molar-refractivity contribution in [2.24, 2.45) is 0 Å². The first kappa shape index (κ1) is 14.4. The molecule has 0 aromatic heterocycles. The molecule has 1 aliphatic carbocycles. The molecular formula is C15H17N3O4. The fraction of sp³-hybridized carbons (Fsp3) is 0.400. The largest absolute Gasteiger partial charge is 0.465 e. The van der Waals surface area contributed by atoms with Gasteiger partial charge in [-0.25, -0.2) is 9.59 Å². The van der Waals surface area contributed by atoms with E-state index in [-0.39, 0.29) is 23.4 Å². The number of ether oxygens (including phenoxy) is 1. The molecule has 7 nitrogen and oxygen atoms in total. The van der Waals surface area contributed by atoms with Gasteiger partial charge in [0, 0.05) is 6.54 Å². The van der Waals surface area contributed by atoms with E-state index in [1.807, 2.05) is 12.1 Å². The van der Waals surface area contributed by atoms with Crippen molar-refractivity contribution in [3.8, 4) is 0 Å². The number of amides is 3. The molecule has 1 aliphatic heterocycles. The van der Waals surface area contributed by atoms with Crippen LogP contribution < -0.4 is 16.0 Å². The van der Waals surface area contributed by atoms with E-state index >= 15 is 0 Å². The summed E-state index contributed by atoms with van der Waals surface area (Å²) < 4.78 is 4.66. The van der Waals surface area contributed by atoms with Crippen molar-refractivity contribution in [2.75, 3.05) is 13.7 Å². The molecule has 1 saturated carbocycles. The van der Waals surface area contributed by atoms with Crippen LogP contribution in [-0.4, -0.2) is 37.6 Å². The van der Waals surface area contributed by atoms with Gasteiger partial charge in [0.25, 0.3) is 0 Å². The zero-order valence-electron chi connectivity index (χ0n) is 12.1. The molecule has 3 rings (SSSR count). The Labute approximate surface area is 127 Å². The molecule has 3 N–H and O–H groups in total. The Morgan fingerprint density at radius 2 is 1.95 bits per heavy atom. The van der Waals surface area contributed by atoms with Crippen molar-refractivity contribution >= 4 is 17.9 Å². The lowest BCUT2D eigenvalue weighted by Gasteiger charge is -2.20. The smallest absolute Gasteiger partial charge is 0.337 e. The number of nitrogens with one attached hydrogen (secondary N) is 3. The Balaban J connectivity index is 1.69. The van der Waals surface area contributed by atoms with E-state index in [4.69, 9.17) is 0 Å². The second-order valence-corrected chi connectivity index (χ2v) is 5.55. The van der Waals surface area contributed by atoms with Crippen molar-refractivity contribution in [1.29, 1.82) is 0 Å². The van der Waals surface area contributed by atoms with Gasteiger partial charge in [-0.1, -0.05) is 12.1 Å². The predicted octanol–water partition coefficient (Wildman–Crippen LogP) is 0.260. The minimum absolute atomic E-state index is 0.201. The van der Waals surface area contributed by atoms with Crippen LogP contribution in [0.4, 0.5) is 4.79 Å². The fourth-order valence-electron chi connectivity index (χ4n) is 2.59. The van der Waals surface area contributed by atoms with Gasteiger partial charge in [0.1, 0.15) is 6.04 Å². The third-order valence-corrected chi connectivity index (χ3v) is 4.06. The second kappa shape index (κ2) is 5.32. The second-order valence-electron chi connectivity index (χ2n) is 5.55. The average molecular weight is 303 g/mol. The molecule has 1 aromatic rings. The molecule has 1 aromatic carbocycles. The van der Waals surface area contributed by atoms with Gasteiger partial charge in [-0.2, -0.15) is 0 Å². The summed E-state index contributed by atoms with van der Waals surface area (Å²) in [5.74, 6) is -0.590.